The standard InChI is InChI=1S/C71H76BN3/c1-66(2,3)38-39-68(7,8)49-34-37-60-64(42-49)74(60)63-44-57-56(69(9,10)46-70(57,11)12)43-59(63)72(75(51-26-19-15-20-27-51)52-28-21-16-22-29-52)58-36-32-47-40-62(58)73(50-24-17-14-18-25-50)61-31-23-30-54-53-35-33-48(67(4,5)6)41-55(53)71(13,45-47)65(54)61/h14-37,40-44H,38-39,45-46H2,1-13H3. The van der Waals surface area contributed by atoms with Crippen LogP contribution in [0, 0.1) is 5.41 Å². The number of hydrogen-bond acceptors (Lipinski definition) is 3. The monoisotopic (exact) mass is 982 g/mol. The van der Waals surface area contributed by atoms with Crippen LogP contribution in [0.3, 0.4) is 0 Å². The second-order valence-electron chi connectivity index (χ2n) is 27.1. The highest BCUT2D eigenvalue weighted by Crippen LogP contribution is 2.60. The quantitative estimate of drug-likeness (QED) is 0.0998. The molecule has 75 heavy (non-hydrogen) atoms. The summed E-state index contributed by atoms with van der Waals surface area (Å²) < 4.78 is 0. The van der Waals surface area contributed by atoms with Crippen LogP contribution in [0.1, 0.15) is 148 Å². The number of rotatable bonds is 10. The van der Waals surface area contributed by atoms with Crippen LogP contribution in [0.5, 0.6) is 0 Å². The maximum absolute atomic E-state index is 2.66. The van der Waals surface area contributed by atoms with Crippen molar-refractivity contribution in [1.82, 2.24) is 0 Å². The number of fused-ring (bicyclic) bond motifs is 7. The Morgan fingerprint density at radius 1 is 0.467 bits per heavy atom. The molecule has 2 aliphatic heterocycles. The minimum Gasteiger partial charge on any atom is -0.377 e. The zero-order valence-corrected chi connectivity index (χ0v) is 47.0. The van der Waals surface area contributed by atoms with Gasteiger partial charge in [0, 0.05) is 33.9 Å². The topological polar surface area (TPSA) is 9.49 Å². The van der Waals surface area contributed by atoms with Crippen molar-refractivity contribution < 1.29 is 0 Å². The van der Waals surface area contributed by atoms with Gasteiger partial charge in [-0.15, -0.1) is 0 Å². The molecule has 4 aliphatic rings. The third-order valence-corrected chi connectivity index (χ3v) is 17.9. The highest BCUT2D eigenvalue weighted by molar-refractivity contribution is 6.91. The summed E-state index contributed by atoms with van der Waals surface area (Å²) in [6.45, 7) is 31.2. The largest absolute Gasteiger partial charge is 0.377 e. The molecule has 0 spiro atoms. The van der Waals surface area contributed by atoms with E-state index in [2.05, 4.69) is 281 Å². The Bertz CT molecular complexity index is 3480. The molecule has 1 atom stereocenters. The van der Waals surface area contributed by atoms with Crippen LogP contribution in [0.15, 0.2) is 176 Å². The van der Waals surface area contributed by atoms with E-state index in [9.17, 15) is 0 Å². The minimum absolute atomic E-state index is 0.00192. The van der Waals surface area contributed by atoms with Gasteiger partial charge in [-0.2, -0.15) is 0 Å². The predicted octanol–water partition coefficient (Wildman–Crippen LogP) is 18.1. The van der Waals surface area contributed by atoms with E-state index in [-0.39, 0.29) is 39.3 Å². The lowest BCUT2D eigenvalue weighted by molar-refractivity contribution is 0.315. The maximum Gasteiger partial charge on any atom is 0.332 e. The molecule has 0 radical (unpaired) electrons. The van der Waals surface area contributed by atoms with Crippen molar-refractivity contribution >= 4 is 63.3 Å². The Kier molecular flexibility index (Phi) is 11.2. The lowest BCUT2D eigenvalue weighted by atomic mass is 9.47. The fraction of sp³-hybridized carbons (Fsp3) is 0.324. The van der Waals surface area contributed by atoms with Gasteiger partial charge >= 0.3 is 6.85 Å². The van der Waals surface area contributed by atoms with Crippen molar-refractivity contribution in [3.05, 3.63) is 215 Å². The lowest BCUT2D eigenvalue weighted by Gasteiger charge is -2.40. The molecule has 0 N–H and O–H groups in total. The predicted molar refractivity (Wildman–Crippen MR) is 323 cm³/mol. The van der Waals surface area contributed by atoms with Gasteiger partial charge in [0.05, 0.1) is 17.1 Å². The summed E-state index contributed by atoms with van der Waals surface area (Å²) in [5.41, 5.74) is 25.0. The molecule has 2 aliphatic carbocycles. The molecular formula is C71H76BN3. The SMILES string of the molecule is CC(C)(C)CCC(C)(C)c1ccc2c(c1)N2c1cc2c(cc1B(c1ccc3cc1N(c1ccccc1)c1cccc4c1C(C)(C3)c1cc(C(C)(C)C)ccc1-4)N(c1ccccc1)c1ccccc1)C(C)(C)CC2(C)C. The van der Waals surface area contributed by atoms with Crippen LogP contribution >= 0.6 is 0 Å². The van der Waals surface area contributed by atoms with E-state index in [1.54, 1.807) is 0 Å². The summed E-state index contributed by atoms with van der Waals surface area (Å²) in [5.74, 6) is 0. The zero-order valence-electron chi connectivity index (χ0n) is 47.0. The van der Waals surface area contributed by atoms with Gasteiger partial charge in [-0.1, -0.05) is 199 Å². The van der Waals surface area contributed by atoms with Gasteiger partial charge in [0.25, 0.3) is 0 Å². The molecule has 0 saturated heterocycles. The molecule has 12 rings (SSSR count). The van der Waals surface area contributed by atoms with Crippen LogP contribution in [-0.4, -0.2) is 6.85 Å². The molecule has 8 aromatic carbocycles. The Morgan fingerprint density at radius 3 is 1.72 bits per heavy atom. The van der Waals surface area contributed by atoms with Crippen molar-refractivity contribution in [1.29, 1.82) is 0 Å². The normalized spacial score (nSPS) is 17.6. The fourth-order valence-electron chi connectivity index (χ4n) is 13.9. The van der Waals surface area contributed by atoms with Gasteiger partial charge in [-0.3, -0.25) is 0 Å². The Labute approximate surface area is 449 Å². The van der Waals surface area contributed by atoms with Gasteiger partial charge < -0.3 is 14.6 Å². The van der Waals surface area contributed by atoms with Crippen LogP contribution in [-0.2, 0) is 33.5 Å². The van der Waals surface area contributed by atoms with Crippen LogP contribution < -0.4 is 25.5 Å². The molecule has 8 aromatic rings. The van der Waals surface area contributed by atoms with Crippen LogP contribution in [0.25, 0.3) is 11.1 Å². The third kappa shape index (κ3) is 8.25. The average molecular weight is 982 g/mol. The van der Waals surface area contributed by atoms with Gasteiger partial charge in [0.1, 0.15) is 0 Å². The van der Waals surface area contributed by atoms with Gasteiger partial charge in [0.15, 0.2) is 0 Å². The highest BCUT2D eigenvalue weighted by Gasteiger charge is 2.49. The molecule has 0 amide bonds. The van der Waals surface area contributed by atoms with Gasteiger partial charge in [-0.25, -0.2) is 0 Å². The first-order chi connectivity index (χ1) is 35.5. The minimum atomic E-state index is -0.265. The summed E-state index contributed by atoms with van der Waals surface area (Å²) in [7, 11) is 0. The molecule has 3 nitrogen and oxygen atoms in total. The highest BCUT2D eigenvalue weighted by atomic mass is 15.3. The molecule has 378 valence electrons. The van der Waals surface area contributed by atoms with Gasteiger partial charge in [-0.05, 0) is 180 Å². The van der Waals surface area contributed by atoms with Crippen LogP contribution in [0.4, 0.5) is 45.5 Å². The number of nitrogens with zero attached hydrogens (tertiary/aromatic N) is 3. The summed E-state index contributed by atoms with van der Waals surface area (Å²) in [6, 6.07) is 68.2. The smallest absolute Gasteiger partial charge is 0.332 e. The molecule has 0 fully saturated rings. The average Bonchev–Trinajstić information content (AvgIpc) is 4.18. The fourth-order valence-corrected chi connectivity index (χ4v) is 13.9. The Hall–Kier alpha value is -6.78. The molecule has 4 heteroatoms. The first-order valence-corrected chi connectivity index (χ1v) is 27.8. The molecule has 0 aromatic heterocycles. The second-order valence-corrected chi connectivity index (χ2v) is 27.1. The Balaban J connectivity index is 1.14. The van der Waals surface area contributed by atoms with E-state index in [0.717, 1.165) is 36.3 Å². The third-order valence-electron chi connectivity index (χ3n) is 17.9. The van der Waals surface area contributed by atoms with Crippen LogP contribution in [0.2, 0.25) is 0 Å². The number of hydrogen-bond donors (Lipinski definition) is 0. The van der Waals surface area contributed by atoms with E-state index in [0.29, 0.717) is 0 Å². The van der Waals surface area contributed by atoms with Crippen molar-refractivity contribution in [2.75, 3.05) is 14.6 Å². The lowest BCUT2D eigenvalue weighted by Crippen LogP contribution is -2.57. The number of anilines is 8. The van der Waals surface area contributed by atoms with E-state index < -0.39 is 0 Å². The molecule has 2 bridgehead atoms. The van der Waals surface area contributed by atoms with E-state index in [1.807, 2.05) is 0 Å². The van der Waals surface area contributed by atoms with E-state index in [1.165, 1.54) is 95.9 Å². The van der Waals surface area contributed by atoms with Crippen molar-refractivity contribution in [2.45, 2.75) is 143 Å². The summed E-state index contributed by atoms with van der Waals surface area (Å²) in [6.07, 6.45) is 4.29. The molecular weight excluding hydrogens is 906 g/mol. The van der Waals surface area contributed by atoms with Crippen molar-refractivity contribution in [2.24, 2.45) is 5.41 Å². The summed E-state index contributed by atoms with van der Waals surface area (Å²) in [4.78, 5) is 7.88. The molecule has 1 unspecified atom stereocenters. The Morgan fingerprint density at radius 2 is 1.08 bits per heavy atom. The second kappa shape index (κ2) is 17.1. The molecule has 2 heterocycles. The van der Waals surface area contributed by atoms with Crippen molar-refractivity contribution in [3.63, 3.8) is 0 Å². The summed E-state index contributed by atoms with van der Waals surface area (Å²) >= 11 is 0. The first kappa shape index (κ1) is 49.1. The molecule has 0 saturated carbocycles. The number of para-hydroxylation sites is 3. The zero-order chi connectivity index (χ0) is 52.6. The van der Waals surface area contributed by atoms with Gasteiger partial charge in [0.2, 0.25) is 0 Å². The van der Waals surface area contributed by atoms with E-state index in [4.69, 9.17) is 0 Å². The van der Waals surface area contributed by atoms with E-state index >= 15 is 0 Å². The maximum atomic E-state index is 2.66. The summed E-state index contributed by atoms with van der Waals surface area (Å²) in [5, 5.41) is 0. The number of benzene rings is 8. The first-order valence-electron chi connectivity index (χ1n) is 27.8. The van der Waals surface area contributed by atoms with Crippen molar-refractivity contribution in [3.8, 4) is 11.1 Å².